The molecular formula is C27H23F3N6O3. The van der Waals surface area contributed by atoms with Crippen LogP contribution in [0.25, 0.3) is 16.9 Å². The lowest BCUT2D eigenvalue weighted by atomic mass is 9.95. The predicted octanol–water partition coefficient (Wildman–Crippen LogP) is 4.42. The number of hydrogen-bond donors (Lipinski definition) is 0. The minimum atomic E-state index is -4.47. The second kappa shape index (κ2) is 8.14. The number of imidazole rings is 1. The molecule has 0 saturated heterocycles. The molecule has 0 bridgehead atoms. The van der Waals surface area contributed by atoms with Gasteiger partial charge in [0.1, 0.15) is 6.54 Å². The van der Waals surface area contributed by atoms with Crippen LogP contribution < -0.4 is 14.4 Å². The summed E-state index contributed by atoms with van der Waals surface area (Å²) in [7, 11) is 2.97. The second-order valence-corrected chi connectivity index (χ2v) is 10.3. The summed E-state index contributed by atoms with van der Waals surface area (Å²) in [6.07, 6.45) is 2.51. The Morgan fingerprint density at radius 2 is 1.92 bits per heavy atom. The van der Waals surface area contributed by atoms with Crippen molar-refractivity contribution in [2.45, 2.75) is 42.7 Å². The molecule has 1 spiro atoms. The molecule has 2 fully saturated rings. The van der Waals surface area contributed by atoms with E-state index in [2.05, 4.69) is 20.1 Å². The number of hydrogen-bond acceptors (Lipinski definition) is 7. The lowest BCUT2D eigenvalue weighted by Crippen LogP contribution is -2.39. The molecule has 4 heterocycles. The van der Waals surface area contributed by atoms with Gasteiger partial charge in [0.15, 0.2) is 5.65 Å². The summed E-state index contributed by atoms with van der Waals surface area (Å²) in [6, 6.07) is 7.70. The monoisotopic (exact) mass is 536 g/mol. The van der Waals surface area contributed by atoms with E-state index in [0.29, 0.717) is 46.9 Å². The zero-order valence-electron chi connectivity index (χ0n) is 21.1. The first-order valence-corrected chi connectivity index (χ1v) is 12.6. The summed E-state index contributed by atoms with van der Waals surface area (Å²) < 4.78 is 52.3. The number of carbonyl (C=O) groups is 1. The smallest absolute Gasteiger partial charge is 0.406 e. The molecule has 4 aromatic rings. The van der Waals surface area contributed by atoms with E-state index < -0.39 is 24.0 Å². The Kier molecular flexibility index (Phi) is 4.98. The number of alkyl halides is 3. The highest BCUT2D eigenvalue weighted by Gasteiger charge is 2.60. The molecule has 200 valence electrons. The van der Waals surface area contributed by atoms with Gasteiger partial charge in [0, 0.05) is 29.8 Å². The highest BCUT2D eigenvalue weighted by molar-refractivity contribution is 6.10. The molecule has 2 aliphatic carbocycles. The summed E-state index contributed by atoms with van der Waals surface area (Å²) in [5.74, 6) is 0.0172. The maximum Gasteiger partial charge on any atom is 0.406 e. The number of ether oxygens (including phenoxy) is 2. The molecule has 39 heavy (non-hydrogen) atoms. The molecule has 12 heteroatoms. The van der Waals surface area contributed by atoms with E-state index >= 15 is 0 Å². The number of nitrogens with zero attached hydrogens (tertiary/aromatic N) is 6. The van der Waals surface area contributed by atoms with Gasteiger partial charge in [0.25, 0.3) is 0 Å². The van der Waals surface area contributed by atoms with Gasteiger partial charge < -0.3 is 14.4 Å². The van der Waals surface area contributed by atoms with E-state index in [1.54, 1.807) is 29.2 Å². The average Bonchev–Trinajstić information content (AvgIpc) is 3.84. The molecule has 0 N–H and O–H groups in total. The third kappa shape index (κ3) is 3.72. The summed E-state index contributed by atoms with van der Waals surface area (Å²) in [5, 5.41) is 4.66. The predicted molar refractivity (Wildman–Crippen MR) is 133 cm³/mol. The van der Waals surface area contributed by atoms with Crippen LogP contribution in [0.2, 0.25) is 0 Å². The van der Waals surface area contributed by atoms with Crippen LogP contribution in [0.15, 0.2) is 42.9 Å². The van der Waals surface area contributed by atoms with E-state index in [1.807, 2.05) is 18.2 Å². The Morgan fingerprint density at radius 3 is 2.64 bits per heavy atom. The standard InChI is InChI=1S/C27H23F3N6O3/c1-38-23-18(12-32-25(33-23)39-2)20-11-17(22-31-7-8-36(22)34-20)16-10-15(16)14-3-4-19-21(9-14)35(13-27(28,29)30)24(37)26(19)5-6-26/h3-4,7-9,11-12,15-16H,5-6,10,13H2,1-2H3/t15-,16+/m1/s1. The van der Waals surface area contributed by atoms with E-state index in [0.717, 1.165) is 22.4 Å². The third-order valence-electron chi connectivity index (χ3n) is 7.96. The van der Waals surface area contributed by atoms with Crippen LogP contribution in [0.3, 0.4) is 0 Å². The molecule has 1 amide bonds. The number of carbonyl (C=O) groups excluding carboxylic acids is 1. The van der Waals surface area contributed by atoms with Crippen LogP contribution in [-0.4, -0.2) is 57.4 Å². The lowest BCUT2D eigenvalue weighted by Gasteiger charge is -2.20. The molecule has 2 atom stereocenters. The lowest BCUT2D eigenvalue weighted by molar-refractivity contribution is -0.132. The minimum absolute atomic E-state index is 0.0682. The van der Waals surface area contributed by atoms with Gasteiger partial charge in [-0.1, -0.05) is 12.1 Å². The molecular weight excluding hydrogens is 513 g/mol. The molecule has 0 radical (unpaired) electrons. The number of aromatic nitrogens is 5. The fourth-order valence-electron chi connectivity index (χ4n) is 5.87. The van der Waals surface area contributed by atoms with Gasteiger partial charge in [-0.25, -0.2) is 14.5 Å². The van der Waals surface area contributed by atoms with Gasteiger partial charge >= 0.3 is 12.2 Å². The van der Waals surface area contributed by atoms with Crippen LogP contribution in [-0.2, 0) is 10.2 Å². The van der Waals surface area contributed by atoms with Crippen molar-refractivity contribution in [3.8, 4) is 23.1 Å². The van der Waals surface area contributed by atoms with Gasteiger partial charge in [0.2, 0.25) is 11.8 Å². The quantitative estimate of drug-likeness (QED) is 0.360. The second-order valence-electron chi connectivity index (χ2n) is 10.3. The van der Waals surface area contributed by atoms with Crippen molar-refractivity contribution in [3.05, 3.63) is 59.5 Å². The Bertz CT molecular complexity index is 1650. The maximum atomic E-state index is 13.4. The van der Waals surface area contributed by atoms with Crippen molar-refractivity contribution in [1.82, 2.24) is 24.6 Å². The number of rotatable bonds is 6. The topological polar surface area (TPSA) is 94.7 Å². The Morgan fingerprint density at radius 1 is 1.10 bits per heavy atom. The van der Waals surface area contributed by atoms with Crippen LogP contribution in [0.5, 0.6) is 11.9 Å². The van der Waals surface area contributed by atoms with E-state index in [-0.39, 0.29) is 17.8 Å². The summed E-state index contributed by atoms with van der Waals surface area (Å²) >= 11 is 0. The number of halogens is 3. The first-order valence-electron chi connectivity index (χ1n) is 12.6. The van der Waals surface area contributed by atoms with Gasteiger partial charge in [-0.05, 0) is 54.4 Å². The van der Waals surface area contributed by atoms with Crippen LogP contribution in [0, 0.1) is 0 Å². The molecule has 9 nitrogen and oxygen atoms in total. The van der Waals surface area contributed by atoms with E-state index in [4.69, 9.17) is 9.47 Å². The van der Waals surface area contributed by atoms with Crippen LogP contribution >= 0.6 is 0 Å². The average molecular weight is 537 g/mol. The number of methoxy groups -OCH3 is 2. The maximum absolute atomic E-state index is 13.4. The van der Waals surface area contributed by atoms with Gasteiger partial charge in [-0.2, -0.15) is 23.3 Å². The van der Waals surface area contributed by atoms with Crippen molar-refractivity contribution in [2.24, 2.45) is 0 Å². The highest BCUT2D eigenvalue weighted by Crippen LogP contribution is 2.60. The molecule has 3 aromatic heterocycles. The first kappa shape index (κ1) is 23.9. The summed E-state index contributed by atoms with van der Waals surface area (Å²) in [5.41, 5.74) is 4.06. The number of amides is 1. The van der Waals surface area contributed by atoms with Gasteiger partial charge in [0.05, 0.1) is 30.9 Å². The van der Waals surface area contributed by atoms with Crippen molar-refractivity contribution in [1.29, 1.82) is 0 Å². The number of benzene rings is 1. The van der Waals surface area contributed by atoms with Crippen molar-refractivity contribution < 1.29 is 27.4 Å². The van der Waals surface area contributed by atoms with Gasteiger partial charge in [-0.15, -0.1) is 0 Å². The Balaban J connectivity index is 1.25. The van der Waals surface area contributed by atoms with Crippen LogP contribution in [0.4, 0.5) is 18.9 Å². The highest BCUT2D eigenvalue weighted by atomic mass is 19.4. The number of anilines is 1. The zero-order valence-corrected chi connectivity index (χ0v) is 21.1. The molecule has 1 aromatic carbocycles. The molecule has 1 aliphatic heterocycles. The van der Waals surface area contributed by atoms with Crippen molar-refractivity contribution in [3.63, 3.8) is 0 Å². The van der Waals surface area contributed by atoms with E-state index in [1.165, 1.54) is 14.2 Å². The summed E-state index contributed by atoms with van der Waals surface area (Å²) in [6.45, 7) is -1.27. The normalized spacial score (nSPS) is 20.9. The molecule has 3 aliphatic rings. The van der Waals surface area contributed by atoms with Gasteiger partial charge in [-0.3, -0.25) is 4.79 Å². The summed E-state index contributed by atoms with van der Waals surface area (Å²) in [4.78, 5) is 26.9. The fraction of sp³-hybridized carbons (Fsp3) is 0.370. The largest absolute Gasteiger partial charge is 0.480 e. The van der Waals surface area contributed by atoms with Crippen LogP contribution in [0.1, 0.15) is 47.8 Å². The molecule has 2 saturated carbocycles. The van der Waals surface area contributed by atoms with Crippen molar-refractivity contribution in [2.75, 3.05) is 25.7 Å². The Labute approximate surface area is 220 Å². The molecule has 0 unspecified atom stereocenters. The molecule has 7 rings (SSSR count). The number of fused-ring (bicyclic) bond motifs is 3. The fourth-order valence-corrected chi connectivity index (χ4v) is 5.87. The van der Waals surface area contributed by atoms with Crippen molar-refractivity contribution >= 4 is 17.2 Å². The minimum Gasteiger partial charge on any atom is -0.480 e. The zero-order chi connectivity index (χ0) is 27.1. The Hall–Kier alpha value is -4.22. The first-order chi connectivity index (χ1) is 18.7. The van der Waals surface area contributed by atoms with E-state index in [9.17, 15) is 18.0 Å². The SMILES string of the molecule is COc1ncc(-c2cc([C@H]3C[C@@H]3c3ccc4c(c3)N(CC(F)(F)F)C(=O)C43CC3)c3nccn3n2)c(OC)n1. The third-order valence-corrected chi connectivity index (χ3v) is 7.96.